The molecular weight excluding hydrogens is 389 g/mol. The summed E-state index contributed by atoms with van der Waals surface area (Å²) < 4.78 is 20.2. The largest absolute Gasteiger partial charge is 0.465 e. The Balaban J connectivity index is 1.74. The SMILES string of the molecule is COC(=O)c1ccc2c(c1)CCN2C(=O)c1nn(-c2ccccc2F)c(C)cc1=O. The van der Waals surface area contributed by atoms with E-state index in [0.29, 0.717) is 29.9 Å². The molecule has 0 radical (unpaired) electrons. The summed E-state index contributed by atoms with van der Waals surface area (Å²) in [4.78, 5) is 38.9. The lowest BCUT2D eigenvalue weighted by Crippen LogP contribution is -2.35. The van der Waals surface area contributed by atoms with E-state index in [4.69, 9.17) is 4.74 Å². The fourth-order valence-corrected chi connectivity index (χ4v) is 3.55. The molecule has 1 aromatic heterocycles. The molecule has 0 atom stereocenters. The lowest BCUT2D eigenvalue weighted by molar-refractivity contribution is 0.0600. The molecule has 0 saturated carbocycles. The van der Waals surface area contributed by atoms with Gasteiger partial charge in [0.2, 0.25) is 5.43 Å². The van der Waals surface area contributed by atoms with Gasteiger partial charge in [-0.3, -0.25) is 9.59 Å². The van der Waals surface area contributed by atoms with Gasteiger partial charge in [0.05, 0.1) is 12.7 Å². The fourth-order valence-electron chi connectivity index (χ4n) is 3.55. The van der Waals surface area contributed by atoms with Crippen LogP contribution in [0.5, 0.6) is 0 Å². The summed E-state index contributed by atoms with van der Waals surface area (Å²) in [6, 6.07) is 12.2. The van der Waals surface area contributed by atoms with Crippen LogP contribution in [0.25, 0.3) is 5.69 Å². The first kappa shape index (κ1) is 19.5. The lowest BCUT2D eigenvalue weighted by atomic mass is 10.1. The van der Waals surface area contributed by atoms with E-state index >= 15 is 0 Å². The van der Waals surface area contributed by atoms with Crippen LogP contribution in [-0.4, -0.2) is 35.3 Å². The van der Waals surface area contributed by atoms with Crippen LogP contribution in [-0.2, 0) is 11.2 Å². The smallest absolute Gasteiger partial charge is 0.337 e. The summed E-state index contributed by atoms with van der Waals surface area (Å²) in [6.07, 6.45) is 0.527. The molecule has 0 unspecified atom stereocenters. The minimum Gasteiger partial charge on any atom is -0.465 e. The van der Waals surface area contributed by atoms with Gasteiger partial charge in [-0.25, -0.2) is 13.9 Å². The van der Waals surface area contributed by atoms with Crippen molar-refractivity contribution in [1.29, 1.82) is 0 Å². The predicted octanol–water partition coefficient (Wildman–Crippen LogP) is 2.67. The van der Waals surface area contributed by atoms with Gasteiger partial charge in [0.1, 0.15) is 11.5 Å². The monoisotopic (exact) mass is 407 g/mol. The topological polar surface area (TPSA) is 81.5 Å². The Labute approximate surface area is 171 Å². The molecule has 0 bridgehead atoms. The van der Waals surface area contributed by atoms with Gasteiger partial charge in [-0.2, -0.15) is 5.10 Å². The van der Waals surface area contributed by atoms with Crippen molar-refractivity contribution >= 4 is 17.6 Å². The van der Waals surface area contributed by atoms with Crippen molar-refractivity contribution in [1.82, 2.24) is 9.78 Å². The van der Waals surface area contributed by atoms with Gasteiger partial charge in [0, 0.05) is 24.0 Å². The van der Waals surface area contributed by atoms with E-state index in [0.717, 1.165) is 5.56 Å². The highest BCUT2D eigenvalue weighted by Crippen LogP contribution is 2.30. The zero-order chi connectivity index (χ0) is 21.4. The molecule has 3 aromatic rings. The van der Waals surface area contributed by atoms with Gasteiger partial charge in [-0.15, -0.1) is 0 Å². The van der Waals surface area contributed by atoms with Crippen molar-refractivity contribution in [3.05, 3.63) is 87.1 Å². The van der Waals surface area contributed by atoms with E-state index in [-0.39, 0.29) is 11.4 Å². The average molecular weight is 407 g/mol. The normalized spacial score (nSPS) is 12.6. The van der Waals surface area contributed by atoms with E-state index < -0.39 is 23.1 Å². The molecule has 152 valence electrons. The molecule has 0 aliphatic carbocycles. The van der Waals surface area contributed by atoms with Crippen molar-refractivity contribution in [2.45, 2.75) is 13.3 Å². The molecule has 0 fully saturated rings. The molecule has 2 heterocycles. The molecule has 0 N–H and O–H groups in total. The molecule has 1 aliphatic rings. The maximum atomic E-state index is 14.2. The Morgan fingerprint density at radius 2 is 1.87 bits per heavy atom. The second kappa shape index (κ2) is 7.55. The van der Waals surface area contributed by atoms with Crippen LogP contribution >= 0.6 is 0 Å². The van der Waals surface area contributed by atoms with Gasteiger partial charge >= 0.3 is 5.97 Å². The number of carbonyl (C=O) groups is 2. The Morgan fingerprint density at radius 3 is 2.60 bits per heavy atom. The third-order valence-electron chi connectivity index (χ3n) is 5.03. The number of methoxy groups -OCH3 is 1. The second-order valence-corrected chi connectivity index (χ2v) is 6.90. The van der Waals surface area contributed by atoms with Crippen molar-refractivity contribution in [3.8, 4) is 5.69 Å². The highest BCUT2D eigenvalue weighted by Gasteiger charge is 2.29. The number of benzene rings is 2. The third kappa shape index (κ3) is 3.26. The first-order valence-electron chi connectivity index (χ1n) is 9.29. The van der Waals surface area contributed by atoms with Crippen LogP contribution in [0.3, 0.4) is 0 Å². The maximum Gasteiger partial charge on any atom is 0.337 e. The number of carbonyl (C=O) groups excluding carboxylic acids is 2. The molecule has 0 saturated heterocycles. The van der Waals surface area contributed by atoms with Crippen LogP contribution in [0, 0.1) is 12.7 Å². The number of aromatic nitrogens is 2. The number of halogens is 1. The van der Waals surface area contributed by atoms with Gasteiger partial charge in [0.25, 0.3) is 5.91 Å². The highest BCUT2D eigenvalue weighted by atomic mass is 19.1. The second-order valence-electron chi connectivity index (χ2n) is 6.90. The molecule has 30 heavy (non-hydrogen) atoms. The molecule has 1 amide bonds. The van der Waals surface area contributed by atoms with Crippen LogP contribution in [0.4, 0.5) is 10.1 Å². The van der Waals surface area contributed by atoms with E-state index in [1.54, 1.807) is 37.3 Å². The number of rotatable bonds is 3. The molecule has 1 aliphatic heterocycles. The van der Waals surface area contributed by atoms with Gasteiger partial charge in [-0.1, -0.05) is 12.1 Å². The molecule has 4 rings (SSSR count). The average Bonchev–Trinajstić information content (AvgIpc) is 3.17. The molecular formula is C22H18FN3O4. The molecule has 2 aromatic carbocycles. The van der Waals surface area contributed by atoms with Gasteiger partial charge in [0.15, 0.2) is 5.69 Å². The number of anilines is 1. The minimum atomic E-state index is -0.574. The maximum absolute atomic E-state index is 14.2. The fraction of sp³-hybridized carbons (Fsp3) is 0.182. The van der Waals surface area contributed by atoms with Crippen LogP contribution < -0.4 is 10.3 Å². The highest BCUT2D eigenvalue weighted by molar-refractivity contribution is 6.06. The molecule has 8 heteroatoms. The third-order valence-corrected chi connectivity index (χ3v) is 5.03. The Bertz CT molecular complexity index is 1240. The summed E-state index contributed by atoms with van der Waals surface area (Å²) in [5.74, 6) is -1.55. The number of para-hydroxylation sites is 1. The summed E-state index contributed by atoms with van der Waals surface area (Å²) in [6.45, 7) is 1.96. The van der Waals surface area contributed by atoms with E-state index in [1.165, 1.54) is 34.9 Å². The first-order valence-corrected chi connectivity index (χ1v) is 9.29. The van der Waals surface area contributed by atoms with Gasteiger partial charge in [-0.05, 0) is 49.2 Å². The van der Waals surface area contributed by atoms with Crippen molar-refractivity contribution < 1.29 is 18.7 Å². The zero-order valence-corrected chi connectivity index (χ0v) is 16.4. The molecule has 7 nitrogen and oxygen atoms in total. The van der Waals surface area contributed by atoms with Crippen molar-refractivity contribution in [3.63, 3.8) is 0 Å². The summed E-state index contributed by atoms with van der Waals surface area (Å²) in [7, 11) is 1.30. The van der Waals surface area contributed by atoms with Crippen molar-refractivity contribution in [2.75, 3.05) is 18.6 Å². The Hall–Kier alpha value is -3.81. The number of hydrogen-bond donors (Lipinski definition) is 0. The number of ether oxygens (including phenoxy) is 1. The van der Waals surface area contributed by atoms with Crippen LogP contribution in [0.2, 0.25) is 0 Å². The number of esters is 1. The lowest BCUT2D eigenvalue weighted by Gasteiger charge is -2.18. The van der Waals surface area contributed by atoms with E-state index in [9.17, 15) is 18.8 Å². The molecule has 0 spiro atoms. The van der Waals surface area contributed by atoms with Crippen LogP contribution in [0.15, 0.2) is 53.3 Å². The number of amides is 1. The summed E-state index contributed by atoms with van der Waals surface area (Å²) >= 11 is 0. The minimum absolute atomic E-state index is 0.147. The quantitative estimate of drug-likeness (QED) is 0.624. The van der Waals surface area contributed by atoms with E-state index in [2.05, 4.69) is 5.10 Å². The number of nitrogens with zero attached hydrogens (tertiary/aromatic N) is 3. The Morgan fingerprint density at radius 1 is 1.10 bits per heavy atom. The number of fused-ring (bicyclic) bond motifs is 1. The van der Waals surface area contributed by atoms with Crippen molar-refractivity contribution in [2.24, 2.45) is 0 Å². The van der Waals surface area contributed by atoms with Gasteiger partial charge < -0.3 is 9.64 Å². The number of aryl methyl sites for hydroxylation is 1. The Kier molecular flexibility index (Phi) is 4.91. The zero-order valence-electron chi connectivity index (χ0n) is 16.4. The first-order chi connectivity index (χ1) is 14.4. The standard InChI is InChI=1S/C22H18FN3O4/c1-13-11-19(27)20(24-26(13)18-6-4-3-5-16(18)23)21(28)25-10-9-14-12-15(22(29)30-2)7-8-17(14)25/h3-8,11-12H,9-10H2,1-2H3. The van der Waals surface area contributed by atoms with E-state index in [1.807, 2.05) is 0 Å². The summed E-state index contributed by atoms with van der Waals surface area (Å²) in [5.41, 5.74) is 1.51. The number of hydrogen-bond acceptors (Lipinski definition) is 5. The van der Waals surface area contributed by atoms with Crippen LogP contribution in [0.1, 0.15) is 32.1 Å². The summed E-state index contributed by atoms with van der Waals surface area (Å²) in [5, 5.41) is 4.18. The predicted molar refractivity (Wildman–Crippen MR) is 108 cm³/mol.